The van der Waals surface area contributed by atoms with Crippen molar-refractivity contribution in [3.63, 3.8) is 0 Å². The number of nitrogens with two attached hydrogens (primary N) is 1. The van der Waals surface area contributed by atoms with Gasteiger partial charge in [0.15, 0.2) is 0 Å². The van der Waals surface area contributed by atoms with Crippen LogP contribution in [0.25, 0.3) is 0 Å². The number of imide groups is 1. The molecule has 11 nitrogen and oxygen atoms in total. The number of halogens is 1. The highest BCUT2D eigenvalue weighted by Gasteiger charge is 2.14. The van der Waals surface area contributed by atoms with Gasteiger partial charge in [-0.2, -0.15) is 0 Å². The summed E-state index contributed by atoms with van der Waals surface area (Å²) in [5.41, 5.74) is 9.35. The van der Waals surface area contributed by atoms with Crippen LogP contribution >= 0.6 is 12.4 Å². The van der Waals surface area contributed by atoms with E-state index < -0.39 is 11.9 Å². The van der Waals surface area contributed by atoms with Gasteiger partial charge in [-0.1, -0.05) is 54.6 Å². The van der Waals surface area contributed by atoms with Crippen LogP contribution < -0.4 is 21.7 Å². The zero-order chi connectivity index (χ0) is 32.5. The van der Waals surface area contributed by atoms with Gasteiger partial charge in [-0.3, -0.25) is 24.5 Å². The Morgan fingerprint density at radius 2 is 1.33 bits per heavy atom. The Hall–Kier alpha value is -3.35. The second-order valence-corrected chi connectivity index (χ2v) is 10.8. The quantitative estimate of drug-likeness (QED) is 0.125. The molecule has 0 aromatic heterocycles. The summed E-state index contributed by atoms with van der Waals surface area (Å²) >= 11 is 0. The summed E-state index contributed by atoms with van der Waals surface area (Å²) in [5.74, 6) is -1.42. The highest BCUT2D eigenvalue weighted by atomic mass is 35.5. The summed E-state index contributed by atoms with van der Waals surface area (Å²) in [6.45, 7) is 2.20. The fourth-order valence-electron chi connectivity index (χ4n) is 4.43. The van der Waals surface area contributed by atoms with Crippen molar-refractivity contribution in [3.8, 4) is 0 Å². The molecule has 0 heterocycles. The third kappa shape index (κ3) is 19.9. The fraction of sp³-hybridized carbons (Fsp3) is 0.529. The Morgan fingerprint density at radius 1 is 0.696 bits per heavy atom. The molecule has 0 fully saturated rings. The number of ether oxygens (including phenoxy) is 3. The largest absolute Gasteiger partial charge is 0.382 e. The Morgan fingerprint density at radius 3 is 2.02 bits per heavy atom. The van der Waals surface area contributed by atoms with Crippen LogP contribution in [0.1, 0.15) is 55.2 Å². The van der Waals surface area contributed by atoms with E-state index in [0.717, 1.165) is 31.2 Å². The van der Waals surface area contributed by atoms with Crippen LogP contribution in [0.5, 0.6) is 0 Å². The van der Waals surface area contributed by atoms with Crippen LogP contribution in [-0.2, 0) is 52.7 Å². The van der Waals surface area contributed by atoms with Gasteiger partial charge in [-0.25, -0.2) is 0 Å². The van der Waals surface area contributed by atoms with Crippen molar-refractivity contribution in [2.75, 3.05) is 53.2 Å². The number of carbonyl (C=O) groups excluding carboxylic acids is 4. The van der Waals surface area contributed by atoms with E-state index in [2.05, 4.69) is 40.2 Å². The normalized spacial score (nSPS) is 11.3. The molecular formula is C34H51ClN4O7. The number of amides is 4. The minimum absolute atomic E-state index is 0. The summed E-state index contributed by atoms with van der Waals surface area (Å²) in [7, 11) is 1.60. The molecule has 0 aliphatic heterocycles. The van der Waals surface area contributed by atoms with Crippen LogP contribution in [0.4, 0.5) is 0 Å². The number of hydrogen-bond acceptors (Lipinski definition) is 8. The first-order valence-electron chi connectivity index (χ1n) is 15.8. The lowest BCUT2D eigenvalue weighted by molar-refractivity contribution is -0.130. The molecule has 4 amide bonds. The lowest BCUT2D eigenvalue weighted by atomic mass is 10.0. The molecule has 2 aromatic rings. The Kier molecular flexibility index (Phi) is 22.8. The molecule has 0 saturated carbocycles. The van der Waals surface area contributed by atoms with Crippen molar-refractivity contribution < 1.29 is 33.4 Å². The summed E-state index contributed by atoms with van der Waals surface area (Å²) in [5, 5.41) is 7.76. The molecular weight excluding hydrogens is 612 g/mol. The maximum atomic E-state index is 12.3. The van der Waals surface area contributed by atoms with E-state index >= 15 is 0 Å². The molecule has 5 N–H and O–H groups in total. The average molecular weight is 663 g/mol. The lowest BCUT2D eigenvalue weighted by Crippen LogP contribution is -2.42. The zero-order valence-electron chi connectivity index (χ0n) is 26.9. The second kappa shape index (κ2) is 25.8. The maximum absolute atomic E-state index is 12.3. The molecule has 0 spiro atoms. The second-order valence-electron chi connectivity index (χ2n) is 10.8. The van der Waals surface area contributed by atoms with Crippen LogP contribution in [0.2, 0.25) is 0 Å². The molecule has 256 valence electrons. The number of carbonyl (C=O) groups is 4. The average Bonchev–Trinajstić information content (AvgIpc) is 3.03. The molecule has 2 aromatic carbocycles. The number of rotatable bonds is 24. The van der Waals surface area contributed by atoms with Gasteiger partial charge in [-0.15, -0.1) is 12.4 Å². The molecule has 0 unspecified atom stereocenters. The maximum Gasteiger partial charge on any atom is 0.245 e. The molecule has 0 saturated heterocycles. The van der Waals surface area contributed by atoms with Crippen LogP contribution in [0, 0.1) is 0 Å². The van der Waals surface area contributed by atoms with E-state index in [-0.39, 0.29) is 56.1 Å². The molecule has 12 heteroatoms. The zero-order valence-corrected chi connectivity index (χ0v) is 27.7. The third-order valence-corrected chi connectivity index (χ3v) is 6.98. The van der Waals surface area contributed by atoms with Gasteiger partial charge in [-0.05, 0) is 61.6 Å². The number of nitrogens with one attached hydrogen (secondary N) is 3. The predicted molar refractivity (Wildman–Crippen MR) is 180 cm³/mol. The van der Waals surface area contributed by atoms with Gasteiger partial charge in [0, 0.05) is 26.6 Å². The van der Waals surface area contributed by atoms with E-state index in [1.807, 2.05) is 30.3 Å². The van der Waals surface area contributed by atoms with Crippen LogP contribution in [0.3, 0.4) is 0 Å². The van der Waals surface area contributed by atoms with Crippen molar-refractivity contribution in [3.05, 3.63) is 71.3 Å². The lowest BCUT2D eigenvalue weighted by Gasteiger charge is -2.12. The number of methoxy groups -OCH3 is 1. The van der Waals surface area contributed by atoms with Gasteiger partial charge in [0.2, 0.25) is 23.6 Å². The topological polar surface area (TPSA) is 158 Å². The van der Waals surface area contributed by atoms with Crippen LogP contribution in [0.15, 0.2) is 54.6 Å². The number of aryl methyl sites for hydroxylation is 2. The van der Waals surface area contributed by atoms with E-state index in [1.54, 1.807) is 7.11 Å². The van der Waals surface area contributed by atoms with Gasteiger partial charge in [0.25, 0.3) is 0 Å². The van der Waals surface area contributed by atoms with E-state index in [1.165, 1.54) is 11.1 Å². The number of unbranched alkanes of at least 4 members (excludes halogenated alkanes) is 2. The SMILES string of the molecule is COCCOCCOCC(=O)NCCCC[C@H](N)C(=O)NCCC(=O)NC(=O)Cc1ccc(CCCCc2ccccc2)cc1.Cl. The first kappa shape index (κ1) is 40.7. The van der Waals surface area contributed by atoms with Gasteiger partial charge >= 0.3 is 0 Å². The van der Waals surface area contributed by atoms with Crippen molar-refractivity contribution in [2.24, 2.45) is 5.73 Å². The molecule has 0 aliphatic carbocycles. The first-order chi connectivity index (χ1) is 21.9. The fourth-order valence-corrected chi connectivity index (χ4v) is 4.43. The summed E-state index contributed by atoms with van der Waals surface area (Å²) in [6.07, 6.45) is 6.08. The van der Waals surface area contributed by atoms with Crippen molar-refractivity contribution >= 4 is 36.0 Å². The van der Waals surface area contributed by atoms with E-state index in [9.17, 15) is 19.2 Å². The summed E-state index contributed by atoms with van der Waals surface area (Å²) in [6, 6.07) is 17.6. The minimum atomic E-state index is -0.723. The molecule has 0 radical (unpaired) electrons. The Bertz CT molecular complexity index is 1140. The van der Waals surface area contributed by atoms with Crippen molar-refractivity contribution in [1.82, 2.24) is 16.0 Å². The number of hydrogen-bond donors (Lipinski definition) is 4. The Balaban J connectivity index is 0.0000106. The van der Waals surface area contributed by atoms with E-state index in [4.69, 9.17) is 19.9 Å². The number of benzene rings is 2. The highest BCUT2D eigenvalue weighted by Crippen LogP contribution is 2.11. The predicted octanol–water partition coefficient (Wildman–Crippen LogP) is 2.66. The summed E-state index contributed by atoms with van der Waals surface area (Å²) in [4.78, 5) is 48.5. The van der Waals surface area contributed by atoms with E-state index in [0.29, 0.717) is 52.2 Å². The van der Waals surface area contributed by atoms with Gasteiger partial charge in [0.1, 0.15) is 6.61 Å². The van der Waals surface area contributed by atoms with Gasteiger partial charge < -0.3 is 30.6 Å². The molecule has 2 rings (SSSR count). The van der Waals surface area contributed by atoms with Gasteiger partial charge in [0.05, 0.1) is 38.9 Å². The van der Waals surface area contributed by atoms with Crippen molar-refractivity contribution in [1.29, 1.82) is 0 Å². The van der Waals surface area contributed by atoms with Crippen molar-refractivity contribution in [2.45, 2.75) is 63.8 Å². The first-order valence-corrected chi connectivity index (χ1v) is 15.8. The molecule has 0 aliphatic rings. The summed E-state index contributed by atoms with van der Waals surface area (Å²) < 4.78 is 15.3. The molecule has 1 atom stereocenters. The minimum Gasteiger partial charge on any atom is -0.382 e. The molecule has 46 heavy (non-hydrogen) atoms. The Labute approximate surface area is 279 Å². The monoisotopic (exact) mass is 662 g/mol. The standard InChI is InChI=1S/C34H50N4O7.ClH/c1-43-21-22-44-23-24-45-26-33(41)36-19-8-7-13-30(35)34(42)37-20-18-31(39)38-32(40)25-29-16-14-28(15-17-29)12-6-5-11-27-9-3-2-4-10-27;/h2-4,9-10,14-17,30H,5-8,11-13,18-26,35H2,1H3,(H,36,41)(H,37,42)(H,38,39,40);1H/t30-;/m0./s1. The van der Waals surface area contributed by atoms with Crippen LogP contribution in [-0.4, -0.2) is 82.9 Å². The highest BCUT2D eigenvalue weighted by molar-refractivity contribution is 5.96. The molecule has 0 bridgehead atoms. The smallest absolute Gasteiger partial charge is 0.245 e. The third-order valence-electron chi connectivity index (χ3n) is 6.98.